The van der Waals surface area contributed by atoms with Crippen LogP contribution in [0.1, 0.15) is 26.7 Å². The Hall–Kier alpha value is 0.0700. The maximum atomic E-state index is 11.1. The van der Waals surface area contributed by atoms with Crippen molar-refractivity contribution in [3.63, 3.8) is 0 Å². The number of nitrogens with zero attached hydrogens (tertiary/aromatic N) is 1. The highest BCUT2D eigenvalue weighted by Gasteiger charge is 2.18. The van der Waals surface area contributed by atoms with Gasteiger partial charge in [-0.25, -0.2) is 0 Å². The summed E-state index contributed by atoms with van der Waals surface area (Å²) in [4.78, 5) is 2.47. The molecular weight excluding hydrogens is 220 g/mol. The highest BCUT2D eigenvalue weighted by molar-refractivity contribution is 7.84. The Morgan fingerprint density at radius 1 is 1.50 bits per heavy atom. The third-order valence-corrected chi connectivity index (χ3v) is 3.77. The Kier molecular flexibility index (Phi) is 6.54. The highest BCUT2D eigenvalue weighted by atomic mass is 32.2. The molecule has 2 atom stereocenters. The first-order chi connectivity index (χ1) is 7.58. The fraction of sp³-hybridized carbons (Fsp3) is 1.00. The molecule has 16 heavy (non-hydrogen) atoms. The van der Waals surface area contributed by atoms with Gasteiger partial charge in [-0.15, -0.1) is 0 Å². The van der Waals surface area contributed by atoms with Crippen LogP contribution in [0.5, 0.6) is 0 Å². The lowest BCUT2D eigenvalue weighted by molar-refractivity contribution is 0.268. The standard InChI is InChI=1S/C12H26N2OS/c1-11(2)9-12-10-14(6-4-5-13-12)7-8-16(3)15/h11-13H,4-10H2,1-3H3. The van der Waals surface area contributed by atoms with Crippen molar-refractivity contribution in [1.29, 1.82) is 0 Å². The second-order valence-electron chi connectivity index (χ2n) is 5.21. The average Bonchev–Trinajstić information content (AvgIpc) is 2.39. The summed E-state index contributed by atoms with van der Waals surface area (Å²) in [6.45, 7) is 8.94. The molecule has 0 aromatic heterocycles. The van der Waals surface area contributed by atoms with Crippen molar-refractivity contribution in [2.75, 3.05) is 38.2 Å². The van der Waals surface area contributed by atoms with Crippen LogP contribution in [-0.4, -0.2) is 53.3 Å². The summed E-state index contributed by atoms with van der Waals surface area (Å²) in [5.74, 6) is 1.56. The molecule has 0 saturated carbocycles. The molecule has 0 aliphatic carbocycles. The van der Waals surface area contributed by atoms with E-state index in [2.05, 4.69) is 24.1 Å². The molecule has 0 amide bonds. The normalized spacial score (nSPS) is 25.6. The minimum atomic E-state index is -0.657. The van der Waals surface area contributed by atoms with Gasteiger partial charge in [0.05, 0.1) is 0 Å². The average molecular weight is 246 g/mol. The summed E-state index contributed by atoms with van der Waals surface area (Å²) in [5, 5.41) is 3.61. The molecule has 1 fully saturated rings. The van der Waals surface area contributed by atoms with Crippen molar-refractivity contribution < 1.29 is 4.21 Å². The fourth-order valence-electron chi connectivity index (χ4n) is 2.26. The van der Waals surface area contributed by atoms with Crippen LogP contribution in [0.15, 0.2) is 0 Å². The van der Waals surface area contributed by atoms with E-state index >= 15 is 0 Å². The van der Waals surface area contributed by atoms with Crippen LogP contribution in [0.2, 0.25) is 0 Å². The molecule has 1 rings (SSSR count). The van der Waals surface area contributed by atoms with E-state index in [-0.39, 0.29) is 0 Å². The monoisotopic (exact) mass is 246 g/mol. The van der Waals surface area contributed by atoms with Gasteiger partial charge in [-0.2, -0.15) is 0 Å². The van der Waals surface area contributed by atoms with Crippen molar-refractivity contribution in [2.45, 2.75) is 32.7 Å². The van der Waals surface area contributed by atoms with Gasteiger partial charge in [0, 0.05) is 41.9 Å². The predicted octanol–water partition coefficient (Wildman–Crippen LogP) is 1.07. The Balaban J connectivity index is 2.36. The van der Waals surface area contributed by atoms with Crippen LogP contribution < -0.4 is 5.32 Å². The molecule has 1 saturated heterocycles. The molecule has 4 heteroatoms. The molecule has 0 aromatic carbocycles. The van der Waals surface area contributed by atoms with Gasteiger partial charge >= 0.3 is 0 Å². The lowest BCUT2D eigenvalue weighted by Gasteiger charge is -2.25. The SMILES string of the molecule is CC(C)CC1CN(CCS(C)=O)CCCN1. The van der Waals surface area contributed by atoms with E-state index in [1.54, 1.807) is 6.26 Å². The van der Waals surface area contributed by atoms with E-state index < -0.39 is 10.8 Å². The molecule has 1 N–H and O–H groups in total. The smallest absolute Gasteiger partial charge is 0.0359 e. The zero-order valence-electron chi connectivity index (χ0n) is 10.9. The summed E-state index contributed by atoms with van der Waals surface area (Å²) in [6, 6.07) is 0.618. The number of hydrogen-bond donors (Lipinski definition) is 1. The lowest BCUT2D eigenvalue weighted by Crippen LogP contribution is -2.39. The highest BCUT2D eigenvalue weighted by Crippen LogP contribution is 2.09. The van der Waals surface area contributed by atoms with Crippen molar-refractivity contribution in [2.24, 2.45) is 5.92 Å². The van der Waals surface area contributed by atoms with Crippen molar-refractivity contribution >= 4 is 10.8 Å². The molecule has 1 aliphatic rings. The molecule has 96 valence electrons. The zero-order valence-corrected chi connectivity index (χ0v) is 11.7. The van der Waals surface area contributed by atoms with E-state index in [1.165, 1.54) is 12.8 Å². The summed E-state index contributed by atoms with van der Waals surface area (Å²) in [6.07, 6.45) is 4.25. The molecule has 0 radical (unpaired) electrons. The third-order valence-electron chi connectivity index (χ3n) is 3.01. The second-order valence-corrected chi connectivity index (χ2v) is 6.77. The largest absolute Gasteiger partial charge is 0.313 e. The van der Waals surface area contributed by atoms with E-state index in [1.807, 2.05) is 0 Å². The van der Waals surface area contributed by atoms with Crippen LogP contribution in [0.4, 0.5) is 0 Å². The minimum absolute atomic E-state index is 0.618. The minimum Gasteiger partial charge on any atom is -0.313 e. The van der Waals surface area contributed by atoms with Crippen LogP contribution in [0.25, 0.3) is 0 Å². The van der Waals surface area contributed by atoms with Gasteiger partial charge in [0.25, 0.3) is 0 Å². The first-order valence-corrected chi connectivity index (χ1v) is 8.06. The van der Waals surface area contributed by atoms with E-state index in [0.717, 1.165) is 37.8 Å². The van der Waals surface area contributed by atoms with Crippen molar-refractivity contribution in [3.05, 3.63) is 0 Å². The quantitative estimate of drug-likeness (QED) is 0.788. The molecule has 1 aliphatic heterocycles. The van der Waals surface area contributed by atoms with Gasteiger partial charge in [-0.1, -0.05) is 13.8 Å². The molecule has 3 nitrogen and oxygen atoms in total. The maximum absolute atomic E-state index is 11.1. The van der Waals surface area contributed by atoms with E-state index in [0.29, 0.717) is 6.04 Å². The van der Waals surface area contributed by atoms with Crippen molar-refractivity contribution in [1.82, 2.24) is 10.2 Å². The van der Waals surface area contributed by atoms with Crippen LogP contribution in [0, 0.1) is 5.92 Å². The second kappa shape index (κ2) is 7.41. The zero-order chi connectivity index (χ0) is 12.0. The molecule has 0 aromatic rings. The van der Waals surface area contributed by atoms with Gasteiger partial charge in [0.2, 0.25) is 0 Å². The number of nitrogens with one attached hydrogen (secondary N) is 1. The summed E-state index contributed by atoms with van der Waals surface area (Å²) >= 11 is 0. The molecule has 0 bridgehead atoms. The summed E-state index contributed by atoms with van der Waals surface area (Å²) < 4.78 is 11.1. The van der Waals surface area contributed by atoms with Gasteiger partial charge in [0.1, 0.15) is 0 Å². The van der Waals surface area contributed by atoms with E-state index in [4.69, 9.17) is 0 Å². The maximum Gasteiger partial charge on any atom is 0.0359 e. The summed E-state index contributed by atoms with van der Waals surface area (Å²) in [7, 11) is -0.657. The number of hydrogen-bond acceptors (Lipinski definition) is 3. The molecule has 0 spiro atoms. The van der Waals surface area contributed by atoms with Gasteiger partial charge in [-0.3, -0.25) is 4.21 Å². The summed E-state index contributed by atoms with van der Waals surface area (Å²) in [5.41, 5.74) is 0. The molecule has 1 heterocycles. The van der Waals surface area contributed by atoms with Crippen LogP contribution >= 0.6 is 0 Å². The first kappa shape index (κ1) is 14.1. The van der Waals surface area contributed by atoms with E-state index in [9.17, 15) is 4.21 Å². The van der Waals surface area contributed by atoms with Gasteiger partial charge in [0.15, 0.2) is 0 Å². The molecule has 2 unspecified atom stereocenters. The Bertz CT molecular complexity index is 221. The fourth-order valence-corrected chi connectivity index (χ4v) is 2.78. The van der Waals surface area contributed by atoms with Gasteiger partial charge in [-0.05, 0) is 31.8 Å². The first-order valence-electron chi connectivity index (χ1n) is 6.33. The Morgan fingerprint density at radius 2 is 2.25 bits per heavy atom. The Morgan fingerprint density at radius 3 is 2.88 bits per heavy atom. The van der Waals surface area contributed by atoms with Crippen LogP contribution in [-0.2, 0) is 10.8 Å². The van der Waals surface area contributed by atoms with Crippen molar-refractivity contribution in [3.8, 4) is 0 Å². The Labute approximate surface area is 102 Å². The number of rotatable bonds is 5. The molecular formula is C12H26N2OS. The lowest BCUT2D eigenvalue weighted by atomic mass is 10.0. The van der Waals surface area contributed by atoms with Crippen LogP contribution in [0.3, 0.4) is 0 Å². The third kappa shape index (κ3) is 5.97. The topological polar surface area (TPSA) is 32.3 Å². The van der Waals surface area contributed by atoms with Gasteiger partial charge < -0.3 is 10.2 Å². The predicted molar refractivity (Wildman–Crippen MR) is 71.2 cm³/mol.